The lowest BCUT2D eigenvalue weighted by molar-refractivity contribution is -0.118. The predicted octanol–water partition coefficient (Wildman–Crippen LogP) is 7.15. The Hall–Kier alpha value is -2.85. The number of rotatable bonds is 7. The summed E-state index contributed by atoms with van der Waals surface area (Å²) in [5.41, 5.74) is 4.27. The molecule has 3 aromatic carbocycles. The van der Waals surface area contributed by atoms with Gasteiger partial charge < -0.3 is 14.8 Å². The van der Waals surface area contributed by atoms with Gasteiger partial charge in [0.1, 0.15) is 0 Å². The first-order valence-electron chi connectivity index (χ1n) is 11.1. The number of carbonyl (C=O) groups is 2. The largest absolute Gasteiger partial charge is 0.493 e. The minimum absolute atomic E-state index is 0.183. The smallest absolute Gasteiger partial charge is 0.270 e. The number of hydrogen-bond acceptors (Lipinski definition) is 6. The fourth-order valence-electron chi connectivity index (χ4n) is 3.52. The van der Waals surface area contributed by atoms with Crippen LogP contribution in [-0.2, 0) is 9.59 Å². The van der Waals surface area contributed by atoms with E-state index in [-0.39, 0.29) is 18.4 Å². The van der Waals surface area contributed by atoms with Gasteiger partial charge in [-0.1, -0.05) is 47.7 Å². The molecule has 10 heteroatoms. The number of nitrogens with zero attached hydrogens (tertiary/aromatic N) is 1. The van der Waals surface area contributed by atoms with E-state index in [9.17, 15) is 9.59 Å². The van der Waals surface area contributed by atoms with Crippen molar-refractivity contribution in [2.45, 2.75) is 13.8 Å². The average Bonchev–Trinajstić information content (AvgIpc) is 3.14. The molecule has 0 aromatic heterocycles. The molecule has 3 aromatic rings. The van der Waals surface area contributed by atoms with E-state index in [1.807, 2.05) is 32.0 Å². The van der Waals surface area contributed by atoms with Crippen LogP contribution in [0, 0.1) is 13.8 Å². The van der Waals surface area contributed by atoms with E-state index in [1.165, 1.54) is 23.8 Å². The van der Waals surface area contributed by atoms with Crippen LogP contribution in [0.2, 0.25) is 5.02 Å². The number of benzene rings is 3. The van der Waals surface area contributed by atoms with Crippen LogP contribution < -0.4 is 19.7 Å². The number of anilines is 2. The number of halogens is 2. The highest BCUT2D eigenvalue weighted by molar-refractivity contribution is 9.10. The van der Waals surface area contributed by atoms with Crippen molar-refractivity contribution >= 4 is 85.1 Å². The molecule has 6 nitrogen and oxygen atoms in total. The summed E-state index contributed by atoms with van der Waals surface area (Å²) in [7, 11) is 1.51. The molecular weight excluding hydrogens is 596 g/mol. The number of thioether (sulfide) groups is 1. The van der Waals surface area contributed by atoms with Crippen LogP contribution in [-0.4, -0.2) is 29.9 Å². The van der Waals surface area contributed by atoms with Gasteiger partial charge in [-0.05, 0) is 95.0 Å². The highest BCUT2D eigenvalue weighted by Crippen LogP contribution is 2.39. The summed E-state index contributed by atoms with van der Waals surface area (Å²) in [6.07, 6.45) is 1.73. The number of amides is 2. The topological polar surface area (TPSA) is 67.9 Å². The summed E-state index contributed by atoms with van der Waals surface area (Å²) in [6, 6.07) is 16.2. The van der Waals surface area contributed by atoms with Crippen LogP contribution in [0.5, 0.6) is 11.5 Å². The molecule has 0 unspecified atom stereocenters. The van der Waals surface area contributed by atoms with Crippen molar-refractivity contribution in [3.8, 4) is 11.5 Å². The molecule has 1 heterocycles. The van der Waals surface area contributed by atoms with Gasteiger partial charge >= 0.3 is 0 Å². The molecule has 0 spiro atoms. The van der Waals surface area contributed by atoms with Crippen molar-refractivity contribution in [2.24, 2.45) is 0 Å². The maximum Gasteiger partial charge on any atom is 0.270 e. The molecule has 1 saturated heterocycles. The Morgan fingerprint density at radius 2 is 1.89 bits per heavy atom. The first kappa shape index (κ1) is 27.2. The summed E-state index contributed by atoms with van der Waals surface area (Å²) in [6.45, 7) is 3.82. The quantitative estimate of drug-likeness (QED) is 0.224. The van der Waals surface area contributed by atoms with Gasteiger partial charge in [0.2, 0.25) is 0 Å². The maximum atomic E-state index is 13.1. The van der Waals surface area contributed by atoms with Crippen LogP contribution in [0.25, 0.3) is 6.08 Å². The lowest BCUT2D eigenvalue weighted by Crippen LogP contribution is -2.27. The third kappa shape index (κ3) is 6.35. The van der Waals surface area contributed by atoms with Crippen LogP contribution in [0.1, 0.15) is 16.7 Å². The van der Waals surface area contributed by atoms with Gasteiger partial charge in [-0.3, -0.25) is 14.5 Å². The number of methoxy groups -OCH3 is 1. The minimum Gasteiger partial charge on any atom is -0.493 e. The van der Waals surface area contributed by atoms with Crippen LogP contribution in [0.15, 0.2) is 64.0 Å². The molecule has 0 atom stereocenters. The first-order chi connectivity index (χ1) is 17.7. The standard InChI is InChI=1S/C27H22BrClN2O4S2/c1-15-4-6-18(10-16(15)2)30-25(32)14-35-22-9-5-17(11-23(22)34-3)12-24-26(33)31(27(36)37-24)19-7-8-20(28)21(29)13-19/h4-13H,14H2,1-3H3,(H,30,32). The third-order valence-corrected chi connectivity index (χ3v) is 8.12. The second-order valence-corrected chi connectivity index (χ2v) is 11.1. The molecule has 1 N–H and O–H groups in total. The molecule has 2 amide bonds. The zero-order valence-electron chi connectivity index (χ0n) is 20.1. The zero-order chi connectivity index (χ0) is 26.7. The highest BCUT2D eigenvalue weighted by Gasteiger charge is 2.33. The lowest BCUT2D eigenvalue weighted by atomic mass is 10.1. The number of ether oxygens (including phenoxy) is 2. The van der Waals surface area contributed by atoms with Crippen molar-refractivity contribution in [3.63, 3.8) is 0 Å². The maximum absolute atomic E-state index is 13.1. The number of thiocarbonyl (C=S) groups is 1. The summed E-state index contributed by atoms with van der Waals surface area (Å²) in [5, 5.41) is 3.31. The summed E-state index contributed by atoms with van der Waals surface area (Å²) in [4.78, 5) is 27.4. The van der Waals surface area contributed by atoms with Gasteiger partial charge in [-0.25, -0.2) is 0 Å². The van der Waals surface area contributed by atoms with Crippen molar-refractivity contribution in [1.29, 1.82) is 0 Å². The Morgan fingerprint density at radius 1 is 1.11 bits per heavy atom. The van der Waals surface area contributed by atoms with Gasteiger partial charge in [0.25, 0.3) is 11.8 Å². The van der Waals surface area contributed by atoms with E-state index in [0.29, 0.717) is 37.1 Å². The van der Waals surface area contributed by atoms with Gasteiger partial charge in [0.05, 0.1) is 22.7 Å². The first-order valence-corrected chi connectivity index (χ1v) is 13.5. The second kappa shape index (κ2) is 11.7. The van der Waals surface area contributed by atoms with Gasteiger partial charge in [-0.2, -0.15) is 0 Å². The Morgan fingerprint density at radius 3 is 2.59 bits per heavy atom. The molecule has 0 bridgehead atoms. The fraction of sp³-hybridized carbons (Fsp3) is 0.148. The predicted molar refractivity (Wildman–Crippen MR) is 158 cm³/mol. The number of hydrogen-bond donors (Lipinski definition) is 1. The third-order valence-electron chi connectivity index (χ3n) is 5.59. The van der Waals surface area contributed by atoms with E-state index >= 15 is 0 Å². The molecule has 1 fully saturated rings. The van der Waals surface area contributed by atoms with Crippen molar-refractivity contribution in [1.82, 2.24) is 0 Å². The number of nitrogens with one attached hydrogen (secondary N) is 1. The monoisotopic (exact) mass is 616 g/mol. The lowest BCUT2D eigenvalue weighted by Gasteiger charge is -2.15. The van der Waals surface area contributed by atoms with Gasteiger partial charge in [0.15, 0.2) is 22.4 Å². The van der Waals surface area contributed by atoms with Crippen molar-refractivity contribution < 1.29 is 19.1 Å². The SMILES string of the molecule is COc1cc(C=C2SC(=S)N(c3ccc(Br)c(Cl)c3)C2=O)ccc1OCC(=O)Nc1ccc(C)c(C)c1. The van der Waals surface area contributed by atoms with E-state index in [1.54, 1.807) is 42.5 Å². The Kier molecular flexibility index (Phi) is 8.59. The summed E-state index contributed by atoms with van der Waals surface area (Å²) < 4.78 is 12.3. The van der Waals surface area contributed by atoms with E-state index in [0.717, 1.165) is 21.2 Å². The van der Waals surface area contributed by atoms with Crippen LogP contribution in [0.4, 0.5) is 11.4 Å². The van der Waals surface area contributed by atoms with E-state index in [4.69, 9.17) is 33.3 Å². The van der Waals surface area contributed by atoms with Gasteiger partial charge in [0, 0.05) is 10.2 Å². The second-order valence-electron chi connectivity index (χ2n) is 8.16. The molecule has 1 aliphatic heterocycles. The normalized spacial score (nSPS) is 14.3. The zero-order valence-corrected chi connectivity index (χ0v) is 24.1. The van der Waals surface area contributed by atoms with Crippen LogP contribution in [0.3, 0.4) is 0 Å². The molecule has 1 aliphatic rings. The van der Waals surface area contributed by atoms with Crippen molar-refractivity contribution in [2.75, 3.05) is 23.9 Å². The molecular formula is C27H22BrClN2O4S2. The highest BCUT2D eigenvalue weighted by atomic mass is 79.9. The summed E-state index contributed by atoms with van der Waals surface area (Å²) >= 11 is 16.2. The number of aryl methyl sites for hydroxylation is 2. The van der Waals surface area contributed by atoms with Gasteiger partial charge in [-0.15, -0.1) is 0 Å². The Bertz CT molecular complexity index is 1440. The minimum atomic E-state index is -0.286. The fourth-order valence-corrected chi connectivity index (χ4v) is 5.24. The average molecular weight is 618 g/mol. The molecule has 0 saturated carbocycles. The molecule has 4 rings (SSSR count). The number of carbonyl (C=O) groups excluding carboxylic acids is 2. The molecule has 37 heavy (non-hydrogen) atoms. The van der Waals surface area contributed by atoms with Crippen LogP contribution >= 0.6 is 51.5 Å². The molecule has 0 aliphatic carbocycles. The Balaban J connectivity index is 1.45. The van der Waals surface area contributed by atoms with Crippen molar-refractivity contribution in [3.05, 3.63) is 85.7 Å². The summed E-state index contributed by atoms with van der Waals surface area (Å²) in [5.74, 6) is 0.316. The molecule has 190 valence electrons. The Labute approximate surface area is 238 Å². The van der Waals surface area contributed by atoms with E-state index in [2.05, 4.69) is 21.2 Å². The van der Waals surface area contributed by atoms with E-state index < -0.39 is 0 Å². The molecule has 0 radical (unpaired) electrons.